The molecule has 32 heavy (non-hydrogen) atoms. The van der Waals surface area contributed by atoms with Crippen molar-refractivity contribution in [3.63, 3.8) is 0 Å². The lowest BCUT2D eigenvalue weighted by atomic mass is 9.96. The van der Waals surface area contributed by atoms with Gasteiger partial charge in [0.1, 0.15) is 0 Å². The van der Waals surface area contributed by atoms with Gasteiger partial charge in [-0.05, 0) is 44.4 Å². The SMILES string of the molecule is Cc1ccc(S(=O)(=O)N2CCC(C(=O)N3CCN(Cc4cccc(C)c4)CC3)CC2)cc1. The van der Waals surface area contributed by atoms with Crippen LogP contribution in [0.4, 0.5) is 0 Å². The molecule has 7 heteroatoms. The molecular formula is C25H33N3O3S. The molecule has 0 spiro atoms. The number of amides is 1. The van der Waals surface area contributed by atoms with Crippen LogP contribution in [0.1, 0.15) is 29.5 Å². The van der Waals surface area contributed by atoms with E-state index in [-0.39, 0.29) is 11.8 Å². The molecular weight excluding hydrogens is 422 g/mol. The Morgan fingerprint density at radius 2 is 1.53 bits per heavy atom. The first kappa shape index (κ1) is 23.0. The van der Waals surface area contributed by atoms with E-state index in [1.165, 1.54) is 15.4 Å². The largest absolute Gasteiger partial charge is 0.340 e. The minimum atomic E-state index is -3.49. The molecule has 0 bridgehead atoms. The van der Waals surface area contributed by atoms with Crippen LogP contribution in [0.5, 0.6) is 0 Å². The Labute approximate surface area is 191 Å². The Bertz CT molecular complexity index is 1040. The summed E-state index contributed by atoms with van der Waals surface area (Å²) in [5, 5.41) is 0. The van der Waals surface area contributed by atoms with Gasteiger partial charge in [-0.15, -0.1) is 0 Å². The van der Waals surface area contributed by atoms with Gasteiger partial charge in [-0.3, -0.25) is 9.69 Å². The van der Waals surface area contributed by atoms with E-state index >= 15 is 0 Å². The third kappa shape index (κ3) is 5.22. The van der Waals surface area contributed by atoms with E-state index in [4.69, 9.17) is 0 Å². The number of carbonyl (C=O) groups is 1. The molecule has 2 aliphatic rings. The minimum absolute atomic E-state index is 0.0807. The van der Waals surface area contributed by atoms with E-state index in [0.29, 0.717) is 30.8 Å². The van der Waals surface area contributed by atoms with Gasteiger partial charge in [0.2, 0.25) is 15.9 Å². The number of piperazine rings is 1. The number of carbonyl (C=O) groups excluding carboxylic acids is 1. The molecule has 0 saturated carbocycles. The summed E-state index contributed by atoms with van der Waals surface area (Å²) >= 11 is 0. The second-order valence-corrected chi connectivity index (χ2v) is 11.0. The predicted octanol–water partition coefficient (Wildman–Crippen LogP) is 3.05. The van der Waals surface area contributed by atoms with Gasteiger partial charge >= 0.3 is 0 Å². The number of benzene rings is 2. The van der Waals surface area contributed by atoms with Crippen molar-refractivity contribution in [2.24, 2.45) is 5.92 Å². The van der Waals surface area contributed by atoms with Crippen LogP contribution < -0.4 is 0 Å². The van der Waals surface area contributed by atoms with Crippen molar-refractivity contribution in [2.45, 2.75) is 38.1 Å². The van der Waals surface area contributed by atoms with E-state index in [1.54, 1.807) is 12.1 Å². The van der Waals surface area contributed by atoms with E-state index < -0.39 is 10.0 Å². The Kier molecular flexibility index (Phi) is 6.98. The van der Waals surface area contributed by atoms with Crippen LogP contribution in [0.25, 0.3) is 0 Å². The Balaban J connectivity index is 1.27. The number of sulfonamides is 1. The maximum absolute atomic E-state index is 13.1. The molecule has 0 atom stereocenters. The van der Waals surface area contributed by atoms with Crippen molar-refractivity contribution in [2.75, 3.05) is 39.3 Å². The van der Waals surface area contributed by atoms with Crippen molar-refractivity contribution in [1.82, 2.24) is 14.1 Å². The van der Waals surface area contributed by atoms with E-state index in [9.17, 15) is 13.2 Å². The highest BCUT2D eigenvalue weighted by molar-refractivity contribution is 7.89. The van der Waals surface area contributed by atoms with Crippen LogP contribution in [0.3, 0.4) is 0 Å². The number of aryl methyl sites for hydroxylation is 2. The van der Waals surface area contributed by atoms with Crippen LogP contribution in [0.15, 0.2) is 53.4 Å². The molecule has 0 aliphatic carbocycles. The summed E-state index contributed by atoms with van der Waals surface area (Å²) in [6.07, 6.45) is 1.18. The van der Waals surface area contributed by atoms with Crippen LogP contribution >= 0.6 is 0 Å². The summed E-state index contributed by atoms with van der Waals surface area (Å²) < 4.78 is 27.3. The van der Waals surface area contributed by atoms with Crippen LogP contribution in [0, 0.1) is 19.8 Å². The summed E-state index contributed by atoms with van der Waals surface area (Å²) in [4.78, 5) is 17.8. The highest BCUT2D eigenvalue weighted by atomic mass is 32.2. The molecule has 2 fully saturated rings. The van der Waals surface area contributed by atoms with Crippen LogP contribution in [-0.4, -0.2) is 67.7 Å². The molecule has 2 aromatic carbocycles. The number of hydrogen-bond acceptors (Lipinski definition) is 4. The quantitative estimate of drug-likeness (QED) is 0.695. The average Bonchev–Trinajstić information content (AvgIpc) is 2.79. The monoisotopic (exact) mass is 455 g/mol. The first-order valence-electron chi connectivity index (χ1n) is 11.5. The second kappa shape index (κ2) is 9.73. The van der Waals surface area contributed by atoms with Crippen LogP contribution in [-0.2, 0) is 21.4 Å². The molecule has 2 saturated heterocycles. The summed E-state index contributed by atoms with van der Waals surface area (Å²) in [7, 11) is -3.49. The predicted molar refractivity (Wildman–Crippen MR) is 126 cm³/mol. The molecule has 0 aromatic heterocycles. The summed E-state index contributed by atoms with van der Waals surface area (Å²) in [5.74, 6) is 0.107. The van der Waals surface area contributed by atoms with Gasteiger partial charge in [0, 0.05) is 51.7 Å². The molecule has 0 radical (unpaired) electrons. The highest BCUT2D eigenvalue weighted by Crippen LogP contribution is 2.26. The number of nitrogens with zero attached hydrogens (tertiary/aromatic N) is 3. The zero-order valence-corrected chi connectivity index (χ0v) is 19.9. The van der Waals surface area contributed by atoms with Gasteiger partial charge in [0.15, 0.2) is 0 Å². The molecule has 2 aliphatic heterocycles. The van der Waals surface area contributed by atoms with Gasteiger partial charge in [0.25, 0.3) is 0 Å². The lowest BCUT2D eigenvalue weighted by Gasteiger charge is -2.38. The average molecular weight is 456 g/mol. The molecule has 2 heterocycles. The van der Waals surface area contributed by atoms with E-state index in [2.05, 4.69) is 36.1 Å². The maximum Gasteiger partial charge on any atom is 0.243 e. The Morgan fingerprint density at radius 1 is 0.875 bits per heavy atom. The number of hydrogen-bond donors (Lipinski definition) is 0. The summed E-state index contributed by atoms with van der Waals surface area (Å²) in [5.41, 5.74) is 3.62. The molecule has 4 rings (SSSR count). The molecule has 0 unspecified atom stereocenters. The minimum Gasteiger partial charge on any atom is -0.340 e. The molecule has 1 amide bonds. The van der Waals surface area contributed by atoms with Crippen molar-refractivity contribution in [3.8, 4) is 0 Å². The van der Waals surface area contributed by atoms with Crippen LogP contribution in [0.2, 0.25) is 0 Å². The first-order valence-corrected chi connectivity index (χ1v) is 12.9. The third-order valence-electron chi connectivity index (χ3n) is 6.63. The third-order valence-corrected chi connectivity index (χ3v) is 8.55. The van der Waals surface area contributed by atoms with Gasteiger partial charge < -0.3 is 4.90 Å². The van der Waals surface area contributed by atoms with Crippen molar-refractivity contribution in [1.29, 1.82) is 0 Å². The Morgan fingerprint density at radius 3 is 2.16 bits per heavy atom. The smallest absolute Gasteiger partial charge is 0.243 e. The van der Waals surface area contributed by atoms with Gasteiger partial charge in [-0.25, -0.2) is 8.42 Å². The zero-order valence-electron chi connectivity index (χ0n) is 19.0. The van der Waals surface area contributed by atoms with Crippen molar-refractivity contribution in [3.05, 3.63) is 65.2 Å². The van der Waals surface area contributed by atoms with Gasteiger partial charge in [-0.1, -0.05) is 47.5 Å². The molecule has 6 nitrogen and oxygen atoms in total. The van der Waals surface area contributed by atoms with Gasteiger partial charge in [0.05, 0.1) is 4.90 Å². The molecule has 172 valence electrons. The van der Waals surface area contributed by atoms with Gasteiger partial charge in [-0.2, -0.15) is 4.31 Å². The van der Waals surface area contributed by atoms with Crippen molar-refractivity contribution >= 4 is 15.9 Å². The second-order valence-electron chi connectivity index (χ2n) is 9.08. The number of piperidine rings is 1. The lowest BCUT2D eigenvalue weighted by Crippen LogP contribution is -2.51. The fourth-order valence-corrected chi connectivity index (χ4v) is 6.13. The molecule has 2 aromatic rings. The lowest BCUT2D eigenvalue weighted by molar-refractivity contribution is -0.138. The maximum atomic E-state index is 13.1. The molecule has 0 N–H and O–H groups in total. The fourth-order valence-electron chi connectivity index (χ4n) is 4.66. The number of rotatable bonds is 5. The standard InChI is InChI=1S/C25H33N3O3S/c1-20-6-8-24(9-7-20)32(30,31)28-12-10-23(11-13-28)25(29)27-16-14-26(15-17-27)19-22-5-3-4-21(2)18-22/h3-9,18,23H,10-17,19H2,1-2H3. The fraction of sp³-hybridized carbons (Fsp3) is 0.480. The van der Waals surface area contributed by atoms with Crippen molar-refractivity contribution < 1.29 is 13.2 Å². The normalized spacial score (nSPS) is 19.2. The topological polar surface area (TPSA) is 60.9 Å². The highest BCUT2D eigenvalue weighted by Gasteiger charge is 2.34. The first-order chi connectivity index (χ1) is 15.3. The Hall–Kier alpha value is -2.22. The summed E-state index contributed by atoms with van der Waals surface area (Å²) in [6.45, 7) is 9.01. The van der Waals surface area contributed by atoms with E-state index in [0.717, 1.165) is 38.3 Å². The summed E-state index contributed by atoms with van der Waals surface area (Å²) in [6, 6.07) is 15.5. The van der Waals surface area contributed by atoms with E-state index in [1.807, 2.05) is 24.0 Å². The zero-order chi connectivity index (χ0) is 22.7.